The first-order chi connectivity index (χ1) is 15.4. The molecule has 0 amide bonds. The number of halogens is 1. The summed E-state index contributed by atoms with van der Waals surface area (Å²) in [6.45, 7) is 3.51. The van der Waals surface area contributed by atoms with E-state index in [1.165, 1.54) is 12.1 Å². The van der Waals surface area contributed by atoms with Gasteiger partial charge in [0.2, 0.25) is 0 Å². The molecule has 0 saturated carbocycles. The van der Waals surface area contributed by atoms with E-state index in [9.17, 15) is 19.1 Å². The highest BCUT2D eigenvalue weighted by Crippen LogP contribution is 2.32. The summed E-state index contributed by atoms with van der Waals surface area (Å²) in [5.41, 5.74) is 2.22. The number of carboxylic acid groups (broad SMARTS) is 2. The van der Waals surface area contributed by atoms with Crippen LogP contribution >= 0.6 is 0 Å². The molecule has 168 valence electrons. The number of carbonyl (C=O) groups is 2. The minimum absolute atomic E-state index is 0.134. The Morgan fingerprint density at radius 3 is 2.44 bits per heavy atom. The van der Waals surface area contributed by atoms with Crippen molar-refractivity contribution in [3.63, 3.8) is 0 Å². The molecule has 9 heteroatoms. The SMILES string of the molecule is O=C(O)CCn1cc(C(C(=O)O)N2CCN(Cc3ccncc3)CC2)c2ccc(F)cc21. The second-order valence-electron chi connectivity index (χ2n) is 7.99. The summed E-state index contributed by atoms with van der Waals surface area (Å²) in [6.07, 6.45) is 5.05. The first-order valence-corrected chi connectivity index (χ1v) is 10.5. The normalized spacial score (nSPS) is 16.3. The largest absolute Gasteiger partial charge is 0.481 e. The molecule has 1 aromatic carbocycles. The Bertz CT molecular complexity index is 1110. The number of aryl methyl sites for hydroxylation is 1. The maximum atomic E-state index is 13.9. The van der Waals surface area contributed by atoms with Crippen LogP contribution in [0.25, 0.3) is 10.9 Å². The minimum atomic E-state index is -0.978. The zero-order valence-corrected chi connectivity index (χ0v) is 17.5. The number of pyridine rings is 1. The van der Waals surface area contributed by atoms with Gasteiger partial charge in [0.05, 0.1) is 11.9 Å². The smallest absolute Gasteiger partial charge is 0.325 e. The van der Waals surface area contributed by atoms with Crippen molar-refractivity contribution in [3.8, 4) is 0 Å². The van der Waals surface area contributed by atoms with Crippen LogP contribution in [-0.4, -0.2) is 67.7 Å². The molecule has 3 aromatic rings. The Balaban J connectivity index is 1.56. The maximum absolute atomic E-state index is 13.9. The molecule has 1 aliphatic heterocycles. The average molecular weight is 440 g/mol. The summed E-state index contributed by atoms with van der Waals surface area (Å²) in [5, 5.41) is 19.8. The van der Waals surface area contributed by atoms with Crippen LogP contribution in [-0.2, 0) is 22.7 Å². The molecule has 1 atom stereocenters. The van der Waals surface area contributed by atoms with E-state index in [0.29, 0.717) is 29.6 Å². The number of carboxylic acids is 2. The maximum Gasteiger partial charge on any atom is 0.325 e. The van der Waals surface area contributed by atoms with E-state index >= 15 is 0 Å². The predicted molar refractivity (Wildman–Crippen MR) is 116 cm³/mol. The van der Waals surface area contributed by atoms with E-state index in [1.54, 1.807) is 29.2 Å². The highest BCUT2D eigenvalue weighted by molar-refractivity contribution is 5.90. The van der Waals surface area contributed by atoms with Gasteiger partial charge in [-0.1, -0.05) is 0 Å². The fraction of sp³-hybridized carbons (Fsp3) is 0.348. The van der Waals surface area contributed by atoms with Gasteiger partial charge >= 0.3 is 11.9 Å². The number of aromatic nitrogens is 2. The summed E-state index contributed by atoms with van der Waals surface area (Å²) in [5.74, 6) is -2.39. The molecule has 2 aromatic heterocycles. The second kappa shape index (κ2) is 9.46. The first-order valence-electron chi connectivity index (χ1n) is 10.5. The molecule has 3 heterocycles. The molecular weight excluding hydrogens is 415 g/mol. The lowest BCUT2D eigenvalue weighted by molar-refractivity contribution is -0.144. The van der Waals surface area contributed by atoms with Crippen LogP contribution in [0.1, 0.15) is 23.6 Å². The van der Waals surface area contributed by atoms with Gasteiger partial charge in [-0.05, 0) is 35.9 Å². The summed E-state index contributed by atoms with van der Waals surface area (Å²) in [6, 6.07) is 7.25. The van der Waals surface area contributed by atoms with Crippen molar-refractivity contribution in [2.24, 2.45) is 0 Å². The highest BCUT2D eigenvalue weighted by atomic mass is 19.1. The van der Waals surface area contributed by atoms with E-state index in [2.05, 4.69) is 9.88 Å². The molecule has 1 fully saturated rings. The average Bonchev–Trinajstić information content (AvgIpc) is 3.11. The number of nitrogens with zero attached hydrogens (tertiary/aromatic N) is 4. The molecule has 1 unspecified atom stereocenters. The van der Waals surface area contributed by atoms with Crippen LogP contribution in [0.4, 0.5) is 4.39 Å². The van der Waals surface area contributed by atoms with Crippen LogP contribution < -0.4 is 0 Å². The number of hydrogen-bond acceptors (Lipinski definition) is 5. The number of aliphatic carboxylic acids is 2. The number of fused-ring (bicyclic) bond motifs is 1. The molecule has 4 rings (SSSR count). The van der Waals surface area contributed by atoms with Crippen molar-refractivity contribution in [1.29, 1.82) is 0 Å². The standard InChI is InChI=1S/C23H25FN4O4/c24-17-1-2-18-19(15-28(20(18)13-17)8-5-21(29)30)22(23(31)32)27-11-9-26(10-12-27)14-16-3-6-25-7-4-16/h1-4,6-7,13,15,22H,5,8-12,14H2,(H,29,30)(H,31,32). The highest BCUT2D eigenvalue weighted by Gasteiger charge is 2.32. The van der Waals surface area contributed by atoms with Gasteiger partial charge in [0.1, 0.15) is 11.9 Å². The molecule has 1 saturated heterocycles. The molecule has 8 nitrogen and oxygen atoms in total. The molecule has 0 bridgehead atoms. The van der Waals surface area contributed by atoms with E-state index in [-0.39, 0.29) is 13.0 Å². The third-order valence-corrected chi connectivity index (χ3v) is 5.90. The van der Waals surface area contributed by atoms with Crippen molar-refractivity contribution < 1.29 is 24.2 Å². The van der Waals surface area contributed by atoms with Gasteiger partial charge in [-0.25, -0.2) is 4.39 Å². The van der Waals surface area contributed by atoms with Gasteiger partial charge < -0.3 is 14.8 Å². The van der Waals surface area contributed by atoms with Gasteiger partial charge in [0.25, 0.3) is 0 Å². The Labute approximate surface area is 184 Å². The fourth-order valence-corrected chi connectivity index (χ4v) is 4.32. The predicted octanol–water partition coefficient (Wildman–Crippen LogP) is 2.59. The number of hydrogen-bond donors (Lipinski definition) is 2. The van der Waals surface area contributed by atoms with Gasteiger partial charge in [-0.2, -0.15) is 0 Å². The number of rotatable bonds is 8. The van der Waals surface area contributed by atoms with Gasteiger partial charge in [-0.3, -0.25) is 24.4 Å². The minimum Gasteiger partial charge on any atom is -0.481 e. The Kier molecular flexibility index (Phi) is 6.48. The summed E-state index contributed by atoms with van der Waals surface area (Å²) in [7, 11) is 0. The van der Waals surface area contributed by atoms with Gasteiger partial charge in [0.15, 0.2) is 0 Å². The van der Waals surface area contributed by atoms with Gasteiger partial charge in [0, 0.05) is 68.8 Å². The monoisotopic (exact) mass is 440 g/mol. The summed E-state index contributed by atoms with van der Waals surface area (Å²) in [4.78, 5) is 31.6. The zero-order valence-electron chi connectivity index (χ0n) is 17.5. The Morgan fingerprint density at radius 1 is 1.06 bits per heavy atom. The van der Waals surface area contributed by atoms with Crippen LogP contribution in [0.5, 0.6) is 0 Å². The van der Waals surface area contributed by atoms with E-state index in [1.807, 2.05) is 17.0 Å². The molecule has 0 spiro atoms. The number of benzene rings is 1. The lowest BCUT2D eigenvalue weighted by Crippen LogP contribution is -2.48. The van der Waals surface area contributed by atoms with Crippen molar-refractivity contribution in [2.75, 3.05) is 26.2 Å². The third kappa shape index (κ3) is 4.79. The third-order valence-electron chi connectivity index (χ3n) is 5.90. The lowest BCUT2D eigenvalue weighted by Gasteiger charge is -2.37. The van der Waals surface area contributed by atoms with Gasteiger partial charge in [-0.15, -0.1) is 0 Å². The lowest BCUT2D eigenvalue weighted by atomic mass is 10.0. The van der Waals surface area contributed by atoms with Crippen LogP contribution in [0.15, 0.2) is 48.9 Å². The molecule has 0 radical (unpaired) electrons. The summed E-state index contributed by atoms with van der Waals surface area (Å²) < 4.78 is 15.5. The van der Waals surface area contributed by atoms with E-state index in [0.717, 1.165) is 25.2 Å². The van der Waals surface area contributed by atoms with Crippen molar-refractivity contribution in [2.45, 2.75) is 25.6 Å². The fourth-order valence-electron chi connectivity index (χ4n) is 4.32. The number of piperazine rings is 1. The molecule has 1 aliphatic rings. The van der Waals surface area contributed by atoms with Crippen molar-refractivity contribution in [3.05, 3.63) is 65.9 Å². The van der Waals surface area contributed by atoms with Crippen molar-refractivity contribution in [1.82, 2.24) is 19.4 Å². The van der Waals surface area contributed by atoms with Crippen LogP contribution in [0.2, 0.25) is 0 Å². The molecule has 0 aliphatic carbocycles. The first kappa shape index (κ1) is 21.9. The molecule has 32 heavy (non-hydrogen) atoms. The Morgan fingerprint density at radius 2 is 1.78 bits per heavy atom. The van der Waals surface area contributed by atoms with Crippen LogP contribution in [0, 0.1) is 5.82 Å². The van der Waals surface area contributed by atoms with E-state index in [4.69, 9.17) is 5.11 Å². The quantitative estimate of drug-likeness (QED) is 0.556. The topological polar surface area (TPSA) is 98.9 Å². The van der Waals surface area contributed by atoms with Crippen LogP contribution in [0.3, 0.4) is 0 Å². The zero-order chi connectivity index (χ0) is 22.7. The Hall–Kier alpha value is -3.30. The molecular formula is C23H25FN4O4. The van der Waals surface area contributed by atoms with E-state index < -0.39 is 23.8 Å². The molecule has 2 N–H and O–H groups in total. The summed E-state index contributed by atoms with van der Waals surface area (Å²) >= 11 is 0. The second-order valence-corrected chi connectivity index (χ2v) is 7.99. The van der Waals surface area contributed by atoms with Crippen molar-refractivity contribution >= 4 is 22.8 Å².